The molecule has 0 spiro atoms. The molecule has 0 aliphatic heterocycles. The van der Waals surface area contributed by atoms with Crippen LogP contribution in [0.5, 0.6) is 5.75 Å². The molecule has 0 fully saturated rings. The largest absolute Gasteiger partial charge is 0.485 e. The summed E-state index contributed by atoms with van der Waals surface area (Å²) in [6, 6.07) is 12.3. The maximum absolute atomic E-state index is 12.2. The van der Waals surface area contributed by atoms with Crippen LogP contribution in [-0.4, -0.2) is 18.3 Å². The summed E-state index contributed by atoms with van der Waals surface area (Å²) in [5.74, 6) is 0.317. The molecular formula is C19H20N2O3S. The minimum Gasteiger partial charge on any atom is -0.485 e. The first-order valence-electron chi connectivity index (χ1n) is 7.83. The van der Waals surface area contributed by atoms with Crippen molar-refractivity contribution < 1.29 is 14.3 Å². The lowest BCUT2D eigenvalue weighted by atomic mass is 9.96. The lowest BCUT2D eigenvalue weighted by molar-refractivity contribution is -0.128. The number of hydrogen-bond donors (Lipinski definition) is 1. The fourth-order valence-electron chi connectivity index (χ4n) is 1.93. The summed E-state index contributed by atoms with van der Waals surface area (Å²) in [6.07, 6.45) is 0. The van der Waals surface area contributed by atoms with Gasteiger partial charge in [0.2, 0.25) is 11.7 Å². The van der Waals surface area contributed by atoms with Crippen LogP contribution in [0.3, 0.4) is 0 Å². The molecule has 0 radical (unpaired) electrons. The second kappa shape index (κ2) is 7.95. The summed E-state index contributed by atoms with van der Waals surface area (Å²) in [4.78, 5) is 25.6. The van der Waals surface area contributed by atoms with Crippen molar-refractivity contribution in [3.05, 3.63) is 51.7 Å². The predicted molar refractivity (Wildman–Crippen MR) is 96.6 cm³/mol. The van der Waals surface area contributed by atoms with Crippen LogP contribution < -0.4 is 10.1 Å². The number of nitriles is 1. The van der Waals surface area contributed by atoms with E-state index in [1.807, 2.05) is 32.9 Å². The number of benzene rings is 1. The van der Waals surface area contributed by atoms with E-state index in [2.05, 4.69) is 5.32 Å². The smallest absolute Gasteiger partial charge is 0.225 e. The first kappa shape index (κ1) is 18.7. The Hall–Kier alpha value is -2.65. The summed E-state index contributed by atoms with van der Waals surface area (Å²) < 4.78 is 5.45. The normalized spacial score (nSPS) is 10.8. The number of thiophene rings is 1. The Morgan fingerprint density at radius 2 is 2.00 bits per heavy atom. The van der Waals surface area contributed by atoms with E-state index in [0.29, 0.717) is 22.7 Å². The molecule has 1 aromatic heterocycles. The van der Waals surface area contributed by atoms with Gasteiger partial charge in [-0.15, -0.1) is 11.3 Å². The zero-order valence-corrected chi connectivity index (χ0v) is 15.3. The number of amides is 1. The molecule has 0 saturated carbocycles. The Morgan fingerprint density at radius 3 is 2.68 bits per heavy atom. The SMILES string of the molecule is CC(C)(C)C(=O)NCc1ccc(C(=O)COc2cccc(C#N)c2)s1. The summed E-state index contributed by atoms with van der Waals surface area (Å²) in [6.45, 7) is 5.86. The second-order valence-corrected chi connectivity index (χ2v) is 7.72. The molecular weight excluding hydrogens is 336 g/mol. The average Bonchev–Trinajstić information content (AvgIpc) is 3.06. The Kier molecular flexibility index (Phi) is 5.94. The zero-order chi connectivity index (χ0) is 18.4. The van der Waals surface area contributed by atoms with E-state index in [1.165, 1.54) is 11.3 Å². The second-order valence-electron chi connectivity index (χ2n) is 6.55. The molecule has 0 atom stereocenters. The standard InChI is InChI=1S/C19H20N2O3S/c1-19(2,3)18(23)21-11-15-7-8-17(25-15)16(22)12-24-14-6-4-5-13(9-14)10-20/h4-9H,11-12H2,1-3H3,(H,21,23). The Bertz CT molecular complexity index is 813. The highest BCUT2D eigenvalue weighted by Crippen LogP contribution is 2.19. The number of hydrogen-bond acceptors (Lipinski definition) is 5. The highest BCUT2D eigenvalue weighted by Gasteiger charge is 2.21. The van der Waals surface area contributed by atoms with Gasteiger partial charge in [-0.05, 0) is 30.3 Å². The highest BCUT2D eigenvalue weighted by molar-refractivity contribution is 7.14. The molecule has 2 aromatic rings. The maximum atomic E-state index is 12.2. The van der Waals surface area contributed by atoms with Gasteiger partial charge in [0.05, 0.1) is 23.1 Å². The summed E-state index contributed by atoms with van der Waals surface area (Å²) in [5, 5.41) is 11.7. The van der Waals surface area contributed by atoms with Crippen LogP contribution in [0.1, 0.15) is 40.9 Å². The quantitative estimate of drug-likeness (QED) is 0.803. The fourth-order valence-corrected chi connectivity index (χ4v) is 2.80. The van der Waals surface area contributed by atoms with Gasteiger partial charge in [-0.1, -0.05) is 26.8 Å². The van der Waals surface area contributed by atoms with E-state index in [4.69, 9.17) is 10.00 Å². The third-order valence-corrected chi connectivity index (χ3v) is 4.50. The third kappa shape index (κ3) is 5.44. The molecule has 6 heteroatoms. The van der Waals surface area contributed by atoms with Crippen LogP contribution in [0.15, 0.2) is 36.4 Å². The lowest BCUT2D eigenvalue weighted by Gasteiger charge is -2.17. The number of rotatable bonds is 6. The molecule has 25 heavy (non-hydrogen) atoms. The molecule has 130 valence electrons. The van der Waals surface area contributed by atoms with Crippen LogP contribution in [0.2, 0.25) is 0 Å². The van der Waals surface area contributed by atoms with Gasteiger partial charge >= 0.3 is 0 Å². The summed E-state index contributed by atoms with van der Waals surface area (Å²) in [5.41, 5.74) is 0.0415. The van der Waals surface area contributed by atoms with E-state index >= 15 is 0 Å². The first-order valence-corrected chi connectivity index (χ1v) is 8.64. The van der Waals surface area contributed by atoms with E-state index < -0.39 is 5.41 Å². The lowest BCUT2D eigenvalue weighted by Crippen LogP contribution is -2.34. The van der Waals surface area contributed by atoms with Crippen molar-refractivity contribution >= 4 is 23.0 Å². The Labute approximate surface area is 151 Å². The summed E-state index contributed by atoms with van der Waals surface area (Å²) >= 11 is 1.34. The monoisotopic (exact) mass is 356 g/mol. The van der Waals surface area contributed by atoms with Gasteiger partial charge in [0.25, 0.3) is 0 Å². The number of ketones is 1. The van der Waals surface area contributed by atoms with E-state index in [0.717, 1.165) is 4.88 Å². The maximum Gasteiger partial charge on any atom is 0.225 e. The molecule has 0 saturated heterocycles. The molecule has 1 aromatic carbocycles. The molecule has 0 aliphatic rings. The fraction of sp³-hybridized carbons (Fsp3) is 0.316. The van der Waals surface area contributed by atoms with Crippen molar-refractivity contribution in [3.63, 3.8) is 0 Å². The van der Waals surface area contributed by atoms with Gasteiger partial charge in [-0.25, -0.2) is 0 Å². The number of nitrogens with zero attached hydrogens (tertiary/aromatic N) is 1. The predicted octanol–water partition coefficient (Wildman–Crippen LogP) is 3.54. The molecule has 1 amide bonds. The number of nitrogens with one attached hydrogen (secondary N) is 1. The van der Waals surface area contributed by atoms with Crippen LogP contribution in [0.4, 0.5) is 0 Å². The van der Waals surface area contributed by atoms with Gasteiger partial charge in [-0.3, -0.25) is 9.59 Å². The minimum absolute atomic E-state index is 0.0329. The summed E-state index contributed by atoms with van der Waals surface area (Å²) in [7, 11) is 0. The highest BCUT2D eigenvalue weighted by atomic mass is 32.1. The van der Waals surface area contributed by atoms with Crippen molar-refractivity contribution in [1.82, 2.24) is 5.32 Å². The molecule has 0 bridgehead atoms. The Balaban J connectivity index is 1.89. The van der Waals surface area contributed by atoms with E-state index in [9.17, 15) is 9.59 Å². The van der Waals surface area contributed by atoms with E-state index in [-0.39, 0.29) is 18.3 Å². The molecule has 0 aliphatic carbocycles. The number of Topliss-reactive ketones (excluding diaryl/α,β-unsaturated/α-hetero) is 1. The molecule has 5 nitrogen and oxygen atoms in total. The zero-order valence-electron chi connectivity index (χ0n) is 14.5. The van der Waals surface area contributed by atoms with Crippen molar-refractivity contribution in [1.29, 1.82) is 5.26 Å². The van der Waals surface area contributed by atoms with Gasteiger partial charge in [0, 0.05) is 10.3 Å². The van der Waals surface area contributed by atoms with Crippen LogP contribution in [0.25, 0.3) is 0 Å². The molecule has 1 heterocycles. The van der Waals surface area contributed by atoms with Crippen molar-refractivity contribution in [2.45, 2.75) is 27.3 Å². The molecule has 2 rings (SSSR count). The minimum atomic E-state index is -0.443. The molecule has 1 N–H and O–H groups in total. The van der Waals surface area contributed by atoms with Crippen molar-refractivity contribution in [2.75, 3.05) is 6.61 Å². The third-order valence-electron chi connectivity index (χ3n) is 3.37. The average molecular weight is 356 g/mol. The van der Waals surface area contributed by atoms with Crippen LogP contribution in [-0.2, 0) is 11.3 Å². The molecule has 0 unspecified atom stereocenters. The van der Waals surface area contributed by atoms with Crippen LogP contribution >= 0.6 is 11.3 Å². The van der Waals surface area contributed by atoms with Gasteiger partial charge < -0.3 is 10.1 Å². The number of carbonyl (C=O) groups excluding carboxylic acids is 2. The Morgan fingerprint density at radius 1 is 1.24 bits per heavy atom. The number of ether oxygens (including phenoxy) is 1. The number of carbonyl (C=O) groups is 2. The van der Waals surface area contributed by atoms with Crippen molar-refractivity contribution in [2.24, 2.45) is 5.41 Å². The van der Waals surface area contributed by atoms with Gasteiger partial charge in [-0.2, -0.15) is 5.26 Å². The van der Waals surface area contributed by atoms with E-state index in [1.54, 1.807) is 30.3 Å². The van der Waals surface area contributed by atoms with Gasteiger partial charge in [0.1, 0.15) is 5.75 Å². The first-order chi connectivity index (χ1) is 11.8. The topological polar surface area (TPSA) is 79.2 Å². The van der Waals surface area contributed by atoms with Crippen molar-refractivity contribution in [3.8, 4) is 11.8 Å². The van der Waals surface area contributed by atoms with Gasteiger partial charge in [0.15, 0.2) is 6.61 Å². The van der Waals surface area contributed by atoms with Crippen LogP contribution in [0, 0.1) is 16.7 Å².